The number of halogens is 4. The molecule has 4 N–H and O–H groups in total. The molecule has 0 bridgehead atoms. The highest BCUT2D eigenvalue weighted by Gasteiger charge is 2.45. The number of methoxy groups -OCH3 is 1. The summed E-state index contributed by atoms with van der Waals surface area (Å²) < 4.78 is 71.9. The van der Waals surface area contributed by atoms with Gasteiger partial charge < -0.3 is 30.7 Å². The Morgan fingerprint density at radius 2 is 1.59 bits per heavy atom. The molecule has 16 nitrogen and oxygen atoms in total. The molecule has 1 aliphatic rings. The molecule has 56 heavy (non-hydrogen) atoms. The Morgan fingerprint density at radius 1 is 0.911 bits per heavy atom. The molecule has 1 aliphatic carbocycles. The lowest BCUT2D eigenvalue weighted by atomic mass is 10.1. The van der Waals surface area contributed by atoms with Crippen LogP contribution >= 0.6 is 11.6 Å². The standard InChI is InChI=1S/C35H32ClF3N8O8S/c1-54-30(51)26(14-17-40-28(49)29(50)41-24-4-3-5-25(18-24)56(2,52)53)43-27(48)20-6-12-23(13-7-20)42-31-44-32(46-33(45-31)55-19-35(37,38)39)47-34(15-16-34)21-8-10-22(36)11-9-21/h3-13,18H,14-17,19H2,1-2H3,(H,40,49)(H,41,50)(H2,42,44,45,46,47)/b43-26-. The number of amides is 3. The van der Waals surface area contributed by atoms with Crippen molar-refractivity contribution >= 4 is 74.1 Å². The number of hydrogen-bond acceptors (Lipinski definition) is 13. The highest BCUT2D eigenvalue weighted by Crippen LogP contribution is 2.48. The molecule has 0 spiro atoms. The van der Waals surface area contributed by atoms with E-state index >= 15 is 0 Å². The first-order valence-corrected chi connectivity index (χ1v) is 18.7. The number of nitrogens with one attached hydrogen (secondary N) is 4. The first-order valence-electron chi connectivity index (χ1n) is 16.4. The zero-order valence-corrected chi connectivity index (χ0v) is 31.0. The van der Waals surface area contributed by atoms with E-state index in [-0.39, 0.29) is 46.7 Å². The smallest absolute Gasteiger partial charge is 0.422 e. The first-order chi connectivity index (χ1) is 26.4. The summed E-state index contributed by atoms with van der Waals surface area (Å²) in [5, 5.41) is 11.1. The van der Waals surface area contributed by atoms with Gasteiger partial charge in [-0.25, -0.2) is 18.2 Å². The number of hydrogen-bond donors (Lipinski definition) is 4. The molecule has 0 aliphatic heterocycles. The molecule has 5 rings (SSSR count). The van der Waals surface area contributed by atoms with Crippen LogP contribution in [0, 0.1) is 0 Å². The van der Waals surface area contributed by atoms with Gasteiger partial charge in [0.15, 0.2) is 16.4 Å². The first kappa shape index (κ1) is 41.0. The Labute approximate surface area is 322 Å². The van der Waals surface area contributed by atoms with Crippen LogP contribution in [0.1, 0.15) is 35.2 Å². The molecular formula is C35H32ClF3N8O8S. The van der Waals surface area contributed by atoms with Crippen molar-refractivity contribution in [1.29, 1.82) is 0 Å². The van der Waals surface area contributed by atoms with Crippen molar-refractivity contribution in [2.45, 2.75) is 35.9 Å². The van der Waals surface area contributed by atoms with E-state index in [0.29, 0.717) is 23.6 Å². The Kier molecular flexibility index (Phi) is 12.5. The maximum atomic E-state index is 13.0. The molecule has 3 amide bonds. The van der Waals surface area contributed by atoms with Crippen LogP contribution in [0.25, 0.3) is 0 Å². The van der Waals surface area contributed by atoms with Gasteiger partial charge in [-0.05, 0) is 73.0 Å². The van der Waals surface area contributed by atoms with Crippen LogP contribution in [0.4, 0.5) is 36.4 Å². The van der Waals surface area contributed by atoms with E-state index in [0.717, 1.165) is 18.9 Å². The predicted molar refractivity (Wildman–Crippen MR) is 197 cm³/mol. The molecule has 0 unspecified atom stereocenters. The van der Waals surface area contributed by atoms with Crippen molar-refractivity contribution in [2.24, 2.45) is 4.99 Å². The highest BCUT2D eigenvalue weighted by molar-refractivity contribution is 7.90. The van der Waals surface area contributed by atoms with Crippen molar-refractivity contribution in [3.8, 4) is 6.01 Å². The summed E-state index contributed by atoms with van der Waals surface area (Å²) >= 11 is 6.02. The van der Waals surface area contributed by atoms with Crippen LogP contribution in [0.3, 0.4) is 0 Å². The van der Waals surface area contributed by atoms with Gasteiger partial charge in [0.05, 0.1) is 17.5 Å². The summed E-state index contributed by atoms with van der Waals surface area (Å²) in [6.45, 7) is -1.95. The third-order valence-electron chi connectivity index (χ3n) is 7.90. The number of ether oxygens (including phenoxy) is 2. The van der Waals surface area contributed by atoms with E-state index < -0.39 is 57.9 Å². The molecule has 1 saturated carbocycles. The fourth-order valence-electron chi connectivity index (χ4n) is 4.97. The number of benzene rings is 3. The minimum Gasteiger partial charge on any atom is -0.465 e. The number of alkyl halides is 3. The van der Waals surface area contributed by atoms with Crippen LogP contribution in [-0.4, -0.2) is 85.5 Å². The van der Waals surface area contributed by atoms with Gasteiger partial charge in [-0.1, -0.05) is 29.8 Å². The largest absolute Gasteiger partial charge is 0.465 e. The van der Waals surface area contributed by atoms with Crippen LogP contribution in [0.2, 0.25) is 5.02 Å². The molecule has 1 fully saturated rings. The molecule has 0 radical (unpaired) electrons. The Bertz CT molecular complexity index is 2270. The fourth-order valence-corrected chi connectivity index (χ4v) is 5.77. The van der Waals surface area contributed by atoms with E-state index in [4.69, 9.17) is 21.1 Å². The molecule has 4 aromatic rings. The normalized spacial score (nSPS) is 13.6. The number of aliphatic imine (C=N–C) groups is 1. The molecular weight excluding hydrogens is 785 g/mol. The van der Waals surface area contributed by atoms with E-state index in [1.165, 1.54) is 48.5 Å². The number of carbonyl (C=O) groups excluding carboxylic acids is 4. The predicted octanol–water partition coefficient (Wildman–Crippen LogP) is 4.61. The second-order valence-electron chi connectivity index (χ2n) is 12.2. The van der Waals surface area contributed by atoms with Gasteiger partial charge in [-0.3, -0.25) is 14.4 Å². The highest BCUT2D eigenvalue weighted by atomic mass is 35.5. The van der Waals surface area contributed by atoms with Crippen LogP contribution in [-0.2, 0) is 34.5 Å². The van der Waals surface area contributed by atoms with Gasteiger partial charge >= 0.3 is 30.0 Å². The van der Waals surface area contributed by atoms with Crippen LogP contribution < -0.4 is 26.0 Å². The zero-order chi connectivity index (χ0) is 40.7. The summed E-state index contributed by atoms with van der Waals surface area (Å²) in [6, 6.07) is 17.3. The summed E-state index contributed by atoms with van der Waals surface area (Å²) in [6.07, 6.45) is -2.60. The number of carbonyl (C=O) groups is 4. The van der Waals surface area contributed by atoms with E-state index in [1.54, 1.807) is 12.1 Å². The molecule has 21 heteroatoms. The quantitative estimate of drug-likeness (QED) is 0.0777. The second-order valence-corrected chi connectivity index (χ2v) is 14.7. The lowest BCUT2D eigenvalue weighted by Crippen LogP contribution is -2.37. The van der Waals surface area contributed by atoms with Crippen molar-refractivity contribution < 1.29 is 50.2 Å². The van der Waals surface area contributed by atoms with Crippen LogP contribution in [0.5, 0.6) is 6.01 Å². The van der Waals surface area contributed by atoms with Gasteiger partial charge in [0.2, 0.25) is 11.9 Å². The monoisotopic (exact) mass is 816 g/mol. The van der Waals surface area contributed by atoms with Gasteiger partial charge in [-0.15, -0.1) is 0 Å². The maximum absolute atomic E-state index is 13.0. The number of aromatic nitrogens is 3. The Hall–Kier alpha value is -6.15. The number of nitrogens with zero attached hydrogens (tertiary/aromatic N) is 4. The van der Waals surface area contributed by atoms with E-state index in [2.05, 4.69) is 41.2 Å². The minimum absolute atomic E-state index is 0.0162. The third kappa shape index (κ3) is 11.4. The number of anilines is 4. The summed E-state index contributed by atoms with van der Waals surface area (Å²) in [5.41, 5.74) is 0.306. The van der Waals surface area contributed by atoms with E-state index in [9.17, 15) is 40.8 Å². The second kappa shape index (κ2) is 17.1. The summed E-state index contributed by atoms with van der Waals surface area (Å²) in [4.78, 5) is 66.1. The van der Waals surface area contributed by atoms with Gasteiger partial charge in [-0.2, -0.15) is 28.1 Å². The average molecular weight is 817 g/mol. The summed E-state index contributed by atoms with van der Waals surface area (Å²) in [5.74, 6) is -4.29. The maximum Gasteiger partial charge on any atom is 0.422 e. The van der Waals surface area contributed by atoms with Crippen molar-refractivity contribution in [2.75, 3.05) is 42.5 Å². The lowest BCUT2D eigenvalue weighted by Gasteiger charge is -2.19. The molecule has 1 aromatic heterocycles. The Morgan fingerprint density at radius 3 is 2.21 bits per heavy atom. The van der Waals surface area contributed by atoms with Crippen molar-refractivity contribution in [3.63, 3.8) is 0 Å². The number of sulfone groups is 1. The molecule has 294 valence electrons. The van der Waals surface area contributed by atoms with E-state index in [1.807, 2.05) is 12.1 Å². The van der Waals surface area contributed by atoms with Gasteiger partial charge in [0.1, 0.15) is 5.71 Å². The SMILES string of the molecule is COC(=O)/C(CCNC(=O)C(=O)Nc1cccc(S(C)(=O)=O)c1)=N\C(=O)c1ccc(Nc2nc(NC3(c4ccc(Cl)cc4)CC3)nc(OCC(F)(F)F)n2)cc1. The fraction of sp³-hybridized carbons (Fsp3) is 0.257. The molecule has 3 aromatic carbocycles. The molecule has 0 atom stereocenters. The molecule has 1 heterocycles. The van der Waals surface area contributed by atoms with Gasteiger partial charge in [0.25, 0.3) is 5.91 Å². The average Bonchev–Trinajstić information content (AvgIpc) is 3.93. The van der Waals surface area contributed by atoms with Crippen molar-refractivity contribution in [3.05, 3.63) is 88.9 Å². The third-order valence-corrected chi connectivity index (χ3v) is 9.26. The topological polar surface area (TPSA) is 220 Å². The lowest BCUT2D eigenvalue weighted by molar-refractivity contribution is -0.154. The number of rotatable bonds is 14. The van der Waals surface area contributed by atoms with Crippen LogP contribution in [0.15, 0.2) is 82.7 Å². The van der Waals surface area contributed by atoms with Crippen molar-refractivity contribution in [1.82, 2.24) is 20.3 Å². The molecule has 0 saturated heterocycles. The Balaban J connectivity index is 1.23. The minimum atomic E-state index is -4.66. The zero-order valence-electron chi connectivity index (χ0n) is 29.4. The summed E-state index contributed by atoms with van der Waals surface area (Å²) in [7, 11) is -2.51. The number of esters is 1. The van der Waals surface area contributed by atoms with Gasteiger partial charge in [0, 0.05) is 41.2 Å².